The summed E-state index contributed by atoms with van der Waals surface area (Å²) in [5, 5.41) is 4.08. The van der Waals surface area contributed by atoms with E-state index in [1.807, 2.05) is 13.8 Å². The van der Waals surface area contributed by atoms with Crippen molar-refractivity contribution in [3.63, 3.8) is 0 Å². The monoisotopic (exact) mass is 286 g/mol. The molecule has 1 saturated heterocycles. The summed E-state index contributed by atoms with van der Waals surface area (Å²) in [6.45, 7) is 5.21. The fourth-order valence-corrected chi connectivity index (χ4v) is 4.28. The summed E-state index contributed by atoms with van der Waals surface area (Å²) in [5.41, 5.74) is 5.77. The molecule has 6 nitrogen and oxygen atoms in total. The normalized spacial score (nSPS) is 21.7. The van der Waals surface area contributed by atoms with Gasteiger partial charge in [-0.3, -0.25) is 4.68 Å². The highest BCUT2D eigenvalue weighted by atomic mass is 32.2. The van der Waals surface area contributed by atoms with Gasteiger partial charge in [-0.25, -0.2) is 8.42 Å². The Labute approximate surface area is 114 Å². The smallest absolute Gasteiger partial charge is 0.248 e. The molecular formula is C12H22N4O2S. The first-order valence-electron chi connectivity index (χ1n) is 6.81. The Morgan fingerprint density at radius 2 is 2.21 bits per heavy atom. The van der Waals surface area contributed by atoms with E-state index in [1.54, 1.807) is 15.2 Å². The quantitative estimate of drug-likeness (QED) is 0.908. The van der Waals surface area contributed by atoms with Crippen LogP contribution in [-0.4, -0.2) is 35.1 Å². The number of rotatable bonds is 4. The van der Waals surface area contributed by atoms with Gasteiger partial charge in [-0.2, -0.15) is 9.40 Å². The predicted molar refractivity (Wildman–Crippen MR) is 74.1 cm³/mol. The Morgan fingerprint density at radius 1 is 1.47 bits per heavy atom. The van der Waals surface area contributed by atoms with Crippen LogP contribution in [0.3, 0.4) is 0 Å². The third-order valence-corrected chi connectivity index (χ3v) is 5.57. The van der Waals surface area contributed by atoms with Crippen LogP contribution in [0.15, 0.2) is 11.1 Å². The average Bonchev–Trinajstić information content (AvgIpc) is 2.72. The zero-order valence-electron chi connectivity index (χ0n) is 11.5. The average molecular weight is 286 g/mol. The molecule has 0 amide bonds. The number of sulfonamides is 1. The molecule has 2 N–H and O–H groups in total. The fraction of sp³-hybridized carbons (Fsp3) is 0.750. The Morgan fingerprint density at radius 3 is 2.84 bits per heavy atom. The highest BCUT2D eigenvalue weighted by molar-refractivity contribution is 7.89. The van der Waals surface area contributed by atoms with Crippen molar-refractivity contribution in [1.29, 1.82) is 0 Å². The van der Waals surface area contributed by atoms with Gasteiger partial charge in [0.1, 0.15) is 4.90 Å². The topological polar surface area (TPSA) is 81.2 Å². The van der Waals surface area contributed by atoms with Crippen molar-refractivity contribution in [1.82, 2.24) is 14.1 Å². The number of anilines is 1. The summed E-state index contributed by atoms with van der Waals surface area (Å²) in [7, 11) is -3.51. The maximum absolute atomic E-state index is 12.6. The summed E-state index contributed by atoms with van der Waals surface area (Å²) in [5.74, 6) is 0.103. The molecule has 0 saturated carbocycles. The molecule has 1 atom stereocenters. The minimum Gasteiger partial charge on any atom is -0.381 e. The summed E-state index contributed by atoms with van der Waals surface area (Å²) >= 11 is 0. The third-order valence-electron chi connectivity index (χ3n) is 3.54. The van der Waals surface area contributed by atoms with Crippen molar-refractivity contribution < 1.29 is 8.42 Å². The van der Waals surface area contributed by atoms with Crippen LogP contribution < -0.4 is 5.73 Å². The van der Waals surface area contributed by atoms with Crippen molar-refractivity contribution >= 4 is 15.8 Å². The molecule has 2 heterocycles. The standard InChI is InChI=1S/C12H22N4O2S/c1-3-7-15-9-11(12(13)14-15)19(17,18)16-8-5-4-6-10(16)2/h9-10H,3-8H2,1-2H3,(H2,13,14). The molecule has 0 bridgehead atoms. The number of hydrogen-bond donors (Lipinski definition) is 1. The van der Waals surface area contributed by atoms with Gasteiger partial charge in [0, 0.05) is 25.3 Å². The summed E-state index contributed by atoms with van der Waals surface area (Å²) < 4.78 is 28.4. The molecule has 1 aromatic rings. The van der Waals surface area contributed by atoms with Crippen LogP contribution in [-0.2, 0) is 16.6 Å². The molecule has 2 rings (SSSR count). The lowest BCUT2D eigenvalue weighted by Gasteiger charge is -2.31. The Bertz CT molecular complexity index is 538. The Kier molecular flexibility index (Phi) is 4.15. The van der Waals surface area contributed by atoms with Crippen molar-refractivity contribution in [2.75, 3.05) is 12.3 Å². The van der Waals surface area contributed by atoms with Crippen molar-refractivity contribution in [3.05, 3.63) is 6.20 Å². The SMILES string of the molecule is CCCn1cc(S(=O)(=O)N2CCCCC2C)c(N)n1. The lowest BCUT2D eigenvalue weighted by Crippen LogP contribution is -2.42. The Hall–Kier alpha value is -1.08. The molecule has 1 fully saturated rings. The first-order valence-corrected chi connectivity index (χ1v) is 8.25. The second-order valence-electron chi connectivity index (χ2n) is 5.10. The number of piperidine rings is 1. The summed E-state index contributed by atoms with van der Waals surface area (Å²) in [6.07, 6.45) is 5.34. The molecular weight excluding hydrogens is 264 g/mol. The van der Waals surface area contributed by atoms with Crippen LogP contribution in [0, 0.1) is 0 Å². The number of nitrogen functional groups attached to an aromatic ring is 1. The number of aryl methyl sites for hydroxylation is 1. The van der Waals surface area contributed by atoms with Crippen LogP contribution in [0.2, 0.25) is 0 Å². The minimum absolute atomic E-state index is 0.0349. The second kappa shape index (κ2) is 5.50. The molecule has 0 aromatic carbocycles. The van der Waals surface area contributed by atoms with Gasteiger partial charge in [-0.05, 0) is 26.2 Å². The van der Waals surface area contributed by atoms with E-state index in [1.165, 1.54) is 0 Å². The van der Waals surface area contributed by atoms with Gasteiger partial charge in [-0.1, -0.05) is 13.3 Å². The fourth-order valence-electron chi connectivity index (χ4n) is 2.52. The lowest BCUT2D eigenvalue weighted by molar-refractivity contribution is 0.269. The van der Waals surface area contributed by atoms with Crippen LogP contribution in [0.4, 0.5) is 5.82 Å². The summed E-state index contributed by atoms with van der Waals surface area (Å²) in [4.78, 5) is 0.148. The predicted octanol–water partition coefficient (Wildman–Crippen LogP) is 1.44. The molecule has 0 spiro atoms. The van der Waals surface area contributed by atoms with Crippen LogP contribution in [0.5, 0.6) is 0 Å². The maximum Gasteiger partial charge on any atom is 0.248 e. The maximum atomic E-state index is 12.6. The Balaban J connectivity index is 2.33. The van der Waals surface area contributed by atoms with Crippen molar-refractivity contribution in [2.45, 2.75) is 57.0 Å². The largest absolute Gasteiger partial charge is 0.381 e. The molecule has 108 valence electrons. The van der Waals surface area contributed by atoms with Crippen LogP contribution in [0.25, 0.3) is 0 Å². The molecule has 1 unspecified atom stereocenters. The highest BCUT2D eigenvalue weighted by Crippen LogP contribution is 2.27. The number of aromatic nitrogens is 2. The number of hydrogen-bond acceptors (Lipinski definition) is 4. The molecule has 0 aliphatic carbocycles. The molecule has 1 aliphatic heterocycles. The van der Waals surface area contributed by atoms with Gasteiger partial charge >= 0.3 is 0 Å². The van der Waals surface area contributed by atoms with E-state index < -0.39 is 10.0 Å². The number of nitrogens with zero attached hydrogens (tertiary/aromatic N) is 3. The molecule has 1 aliphatic rings. The van der Waals surface area contributed by atoms with E-state index in [9.17, 15) is 8.42 Å². The zero-order valence-corrected chi connectivity index (χ0v) is 12.4. The van der Waals surface area contributed by atoms with Gasteiger partial charge in [0.05, 0.1) is 0 Å². The van der Waals surface area contributed by atoms with Crippen molar-refractivity contribution in [2.24, 2.45) is 0 Å². The summed E-state index contributed by atoms with van der Waals surface area (Å²) in [6, 6.07) is 0.0349. The van der Waals surface area contributed by atoms with E-state index in [0.717, 1.165) is 25.7 Å². The van der Waals surface area contributed by atoms with Gasteiger partial charge < -0.3 is 5.73 Å². The van der Waals surface area contributed by atoms with Gasteiger partial charge in [0.2, 0.25) is 10.0 Å². The zero-order chi connectivity index (χ0) is 14.0. The van der Waals surface area contributed by atoms with Gasteiger partial charge in [0.15, 0.2) is 5.82 Å². The lowest BCUT2D eigenvalue weighted by atomic mass is 10.1. The molecule has 19 heavy (non-hydrogen) atoms. The van der Waals surface area contributed by atoms with E-state index in [-0.39, 0.29) is 16.8 Å². The van der Waals surface area contributed by atoms with E-state index in [0.29, 0.717) is 13.1 Å². The second-order valence-corrected chi connectivity index (χ2v) is 6.96. The van der Waals surface area contributed by atoms with Gasteiger partial charge in [-0.15, -0.1) is 0 Å². The number of nitrogens with two attached hydrogens (primary N) is 1. The third kappa shape index (κ3) is 2.76. The molecule has 1 aromatic heterocycles. The van der Waals surface area contributed by atoms with Gasteiger partial charge in [0.25, 0.3) is 0 Å². The first-order chi connectivity index (χ1) is 8.96. The molecule has 0 radical (unpaired) electrons. The highest BCUT2D eigenvalue weighted by Gasteiger charge is 2.33. The minimum atomic E-state index is -3.51. The van der Waals surface area contributed by atoms with Crippen molar-refractivity contribution in [3.8, 4) is 0 Å². The van der Waals surface area contributed by atoms with E-state index >= 15 is 0 Å². The van der Waals surface area contributed by atoms with E-state index in [4.69, 9.17) is 5.73 Å². The van der Waals surface area contributed by atoms with Crippen LogP contribution >= 0.6 is 0 Å². The van der Waals surface area contributed by atoms with E-state index in [2.05, 4.69) is 5.10 Å². The molecule has 7 heteroatoms. The first kappa shape index (κ1) is 14.3. The van der Waals surface area contributed by atoms with Crippen LogP contribution in [0.1, 0.15) is 39.5 Å².